The minimum absolute atomic E-state index is 0.0152. The van der Waals surface area contributed by atoms with Crippen LogP contribution in [0.1, 0.15) is 32.7 Å². The van der Waals surface area contributed by atoms with Crippen LogP contribution in [0.2, 0.25) is 0 Å². The Morgan fingerprint density at radius 3 is 2.72 bits per heavy atom. The van der Waals surface area contributed by atoms with Crippen molar-refractivity contribution >= 4 is 27.5 Å². The summed E-state index contributed by atoms with van der Waals surface area (Å²) in [5.74, 6) is 0.760. The van der Waals surface area contributed by atoms with Gasteiger partial charge in [0, 0.05) is 11.9 Å². The van der Waals surface area contributed by atoms with Crippen molar-refractivity contribution in [2.45, 2.75) is 19.5 Å². The Hall–Kier alpha value is -2.90. The van der Waals surface area contributed by atoms with E-state index in [9.17, 15) is 4.79 Å². The number of nitrogens with one attached hydrogen (secondary N) is 1. The first-order chi connectivity index (χ1) is 14.0. The number of benzene rings is 1. The van der Waals surface area contributed by atoms with Gasteiger partial charge in [-0.3, -0.25) is 14.4 Å². The number of thiophene rings is 1. The molecule has 0 saturated heterocycles. The quantitative estimate of drug-likeness (QED) is 0.500. The minimum Gasteiger partial charge on any atom is -0.468 e. The van der Waals surface area contributed by atoms with Gasteiger partial charge in [0.2, 0.25) is 0 Å². The van der Waals surface area contributed by atoms with Crippen molar-refractivity contribution in [3.8, 4) is 0 Å². The molecule has 1 amide bonds. The lowest BCUT2D eigenvalue weighted by Gasteiger charge is -2.22. The van der Waals surface area contributed by atoms with Gasteiger partial charge in [-0.15, -0.1) is 11.3 Å². The first-order valence-corrected chi connectivity index (χ1v) is 10.3. The number of fused-ring (bicyclic) bond motifs is 1. The van der Waals surface area contributed by atoms with E-state index in [4.69, 9.17) is 4.42 Å². The molecule has 0 aliphatic rings. The molecule has 150 valence electrons. The summed E-state index contributed by atoms with van der Waals surface area (Å²) in [6, 6.07) is 15.9. The first-order valence-electron chi connectivity index (χ1n) is 9.52. The molecule has 3 heterocycles. The number of nitrogens with zero attached hydrogens (tertiary/aromatic N) is 3. The molecule has 0 aliphatic heterocycles. The Bertz CT molecular complexity index is 1100. The number of carbonyl (C=O) groups is 1. The Labute approximate surface area is 173 Å². The molecule has 0 aliphatic carbocycles. The molecule has 3 aromatic heterocycles. The fraction of sp³-hybridized carbons (Fsp3) is 0.273. The molecule has 0 fully saturated rings. The van der Waals surface area contributed by atoms with Gasteiger partial charge in [-0.05, 0) is 44.8 Å². The average Bonchev–Trinajstić information content (AvgIpc) is 3.42. The van der Waals surface area contributed by atoms with Crippen LogP contribution < -0.4 is 5.32 Å². The second-order valence-electron chi connectivity index (χ2n) is 7.26. The van der Waals surface area contributed by atoms with Crippen molar-refractivity contribution in [1.82, 2.24) is 20.0 Å². The Morgan fingerprint density at radius 2 is 2.03 bits per heavy atom. The molecular weight excluding hydrogens is 384 g/mol. The molecule has 0 radical (unpaired) electrons. The summed E-state index contributed by atoms with van der Waals surface area (Å²) in [5, 5.41) is 8.73. The number of aryl methyl sites for hydroxylation is 1. The molecule has 0 unspecified atom stereocenters. The zero-order valence-electron chi connectivity index (χ0n) is 16.8. The van der Waals surface area contributed by atoms with Crippen LogP contribution >= 0.6 is 11.3 Å². The summed E-state index contributed by atoms with van der Waals surface area (Å²) < 4.78 is 7.50. The molecule has 4 rings (SSSR count). The standard InChI is InChI=1S/C22H24N4O2S/c1-15-17-12-20(21(27)23-13-18(25(2)3)19-10-7-11-28-19)29-22(17)26(24-15)14-16-8-5-4-6-9-16/h4-12,18H,13-14H2,1-3H3,(H,23,27)/t18-/m0/s1. The van der Waals surface area contributed by atoms with Crippen LogP contribution in [0.5, 0.6) is 0 Å². The zero-order chi connectivity index (χ0) is 20.4. The fourth-order valence-electron chi connectivity index (χ4n) is 3.38. The second-order valence-corrected chi connectivity index (χ2v) is 8.29. The van der Waals surface area contributed by atoms with Crippen LogP contribution in [-0.4, -0.2) is 41.2 Å². The number of furan rings is 1. The number of carbonyl (C=O) groups excluding carboxylic acids is 1. The topological polar surface area (TPSA) is 63.3 Å². The number of hydrogen-bond donors (Lipinski definition) is 1. The zero-order valence-corrected chi connectivity index (χ0v) is 17.6. The summed E-state index contributed by atoms with van der Waals surface area (Å²) >= 11 is 1.48. The van der Waals surface area contributed by atoms with Gasteiger partial charge in [0.25, 0.3) is 5.91 Å². The smallest absolute Gasteiger partial charge is 0.261 e. The third kappa shape index (κ3) is 4.11. The summed E-state index contributed by atoms with van der Waals surface area (Å²) in [5.41, 5.74) is 2.12. The third-order valence-corrected chi connectivity index (χ3v) is 6.10. The van der Waals surface area contributed by atoms with E-state index in [1.165, 1.54) is 16.9 Å². The van der Waals surface area contributed by atoms with Gasteiger partial charge >= 0.3 is 0 Å². The summed E-state index contributed by atoms with van der Waals surface area (Å²) in [7, 11) is 3.95. The lowest BCUT2D eigenvalue weighted by molar-refractivity contribution is 0.0943. The van der Waals surface area contributed by atoms with E-state index in [2.05, 4.69) is 22.5 Å². The van der Waals surface area contributed by atoms with Gasteiger partial charge in [-0.25, -0.2) is 0 Å². The van der Waals surface area contributed by atoms with Crippen molar-refractivity contribution in [1.29, 1.82) is 0 Å². The highest BCUT2D eigenvalue weighted by Crippen LogP contribution is 2.29. The molecule has 29 heavy (non-hydrogen) atoms. The van der Waals surface area contributed by atoms with Crippen molar-refractivity contribution in [3.63, 3.8) is 0 Å². The van der Waals surface area contributed by atoms with Crippen molar-refractivity contribution in [3.05, 3.63) is 76.7 Å². The number of rotatable bonds is 7. The summed E-state index contributed by atoms with van der Waals surface area (Å²) in [4.78, 5) is 16.6. The average molecular weight is 409 g/mol. The third-order valence-electron chi connectivity index (χ3n) is 4.96. The van der Waals surface area contributed by atoms with Gasteiger partial charge in [-0.1, -0.05) is 30.3 Å². The Kier molecular flexibility index (Phi) is 5.51. The summed E-state index contributed by atoms with van der Waals surface area (Å²) in [6.07, 6.45) is 1.65. The fourth-order valence-corrected chi connectivity index (χ4v) is 4.46. The number of likely N-dealkylation sites (N-methyl/N-ethyl adjacent to an activating group) is 1. The van der Waals surface area contributed by atoms with Crippen LogP contribution in [0.4, 0.5) is 0 Å². The summed E-state index contributed by atoms with van der Waals surface area (Å²) in [6.45, 7) is 3.15. The Morgan fingerprint density at radius 1 is 1.24 bits per heavy atom. The largest absolute Gasteiger partial charge is 0.468 e. The maximum absolute atomic E-state index is 12.8. The molecule has 1 N–H and O–H groups in total. The van der Waals surface area contributed by atoms with Crippen LogP contribution in [0.25, 0.3) is 10.2 Å². The second kappa shape index (κ2) is 8.23. The van der Waals surface area contributed by atoms with Gasteiger partial charge in [0.15, 0.2) is 0 Å². The van der Waals surface area contributed by atoms with Crippen molar-refractivity contribution in [2.75, 3.05) is 20.6 Å². The molecule has 7 heteroatoms. The van der Waals surface area contributed by atoms with E-state index in [1.807, 2.05) is 67.0 Å². The molecule has 0 spiro atoms. The first kappa shape index (κ1) is 19.4. The SMILES string of the molecule is Cc1nn(Cc2ccccc2)c2sc(C(=O)NC[C@@H](c3ccco3)N(C)C)cc12. The van der Waals surface area contributed by atoms with Crippen LogP contribution in [0.3, 0.4) is 0 Å². The molecule has 6 nitrogen and oxygen atoms in total. The number of hydrogen-bond acceptors (Lipinski definition) is 5. The highest BCUT2D eigenvalue weighted by molar-refractivity contribution is 7.20. The van der Waals surface area contributed by atoms with Gasteiger partial charge < -0.3 is 9.73 Å². The van der Waals surface area contributed by atoms with Gasteiger partial charge in [0.1, 0.15) is 10.6 Å². The van der Waals surface area contributed by atoms with Crippen molar-refractivity contribution < 1.29 is 9.21 Å². The predicted molar refractivity (Wildman–Crippen MR) is 115 cm³/mol. The maximum atomic E-state index is 12.8. The molecule has 0 bridgehead atoms. The monoisotopic (exact) mass is 408 g/mol. The highest BCUT2D eigenvalue weighted by Gasteiger charge is 2.20. The normalized spacial score (nSPS) is 12.6. The predicted octanol–water partition coefficient (Wildman–Crippen LogP) is 4.08. The molecule has 4 aromatic rings. The van der Waals surface area contributed by atoms with E-state index in [0.717, 1.165) is 21.7 Å². The van der Waals surface area contributed by atoms with Crippen LogP contribution in [0.15, 0.2) is 59.2 Å². The van der Waals surface area contributed by atoms with E-state index >= 15 is 0 Å². The molecular formula is C22H24N4O2S. The number of amides is 1. The van der Waals surface area contributed by atoms with E-state index < -0.39 is 0 Å². The van der Waals surface area contributed by atoms with E-state index in [0.29, 0.717) is 18.0 Å². The molecule has 1 atom stereocenters. The lowest BCUT2D eigenvalue weighted by Crippen LogP contribution is -2.34. The lowest BCUT2D eigenvalue weighted by atomic mass is 10.2. The minimum atomic E-state index is -0.0738. The Balaban J connectivity index is 1.52. The number of aromatic nitrogens is 2. The van der Waals surface area contributed by atoms with Crippen molar-refractivity contribution in [2.24, 2.45) is 0 Å². The maximum Gasteiger partial charge on any atom is 0.261 e. The molecule has 0 saturated carbocycles. The van der Waals surface area contributed by atoms with E-state index in [1.54, 1.807) is 6.26 Å². The van der Waals surface area contributed by atoms with Crippen LogP contribution in [0, 0.1) is 6.92 Å². The van der Waals surface area contributed by atoms with Crippen LogP contribution in [-0.2, 0) is 6.54 Å². The van der Waals surface area contributed by atoms with Gasteiger partial charge in [0.05, 0.1) is 29.4 Å². The molecule has 1 aromatic carbocycles. The van der Waals surface area contributed by atoms with E-state index in [-0.39, 0.29) is 11.9 Å². The highest BCUT2D eigenvalue weighted by atomic mass is 32.1. The van der Waals surface area contributed by atoms with Gasteiger partial charge in [-0.2, -0.15) is 5.10 Å².